The molecule has 7 heteroatoms. The average molecular weight is 475 g/mol. The quantitative estimate of drug-likeness (QED) is 0.616. The monoisotopic (exact) mass is 474 g/mol. The molecule has 2 aromatic rings. The molecule has 2 aromatic carbocycles. The first-order valence-corrected chi connectivity index (χ1v) is 12.2. The van der Waals surface area contributed by atoms with Gasteiger partial charge >= 0.3 is 12.1 Å². The van der Waals surface area contributed by atoms with E-state index in [0.29, 0.717) is 25.9 Å². The number of carboxylic acid groups (broad SMARTS) is 1. The van der Waals surface area contributed by atoms with Crippen LogP contribution in [0.5, 0.6) is 0 Å². The highest BCUT2D eigenvalue weighted by Crippen LogP contribution is 2.44. The van der Waals surface area contributed by atoms with E-state index < -0.39 is 18.0 Å². The third-order valence-corrected chi connectivity index (χ3v) is 7.64. The van der Waals surface area contributed by atoms with Gasteiger partial charge in [-0.25, -0.2) is 4.79 Å². The minimum absolute atomic E-state index is 0.00284. The van der Waals surface area contributed by atoms with Gasteiger partial charge in [0.05, 0.1) is 12.0 Å². The van der Waals surface area contributed by atoms with E-state index in [2.05, 4.69) is 29.6 Å². The lowest BCUT2D eigenvalue weighted by molar-refractivity contribution is -0.152. The van der Waals surface area contributed by atoms with E-state index in [-0.39, 0.29) is 36.3 Å². The normalized spacial score (nSPS) is 22.0. The molecule has 2 aliphatic carbocycles. The molecule has 1 aliphatic heterocycles. The number of amides is 2. The highest BCUT2D eigenvalue weighted by Gasteiger charge is 2.40. The number of carbonyl (C=O) groups is 3. The fraction of sp³-hybridized carbons (Fsp3) is 0.393. The van der Waals surface area contributed by atoms with E-state index in [1.54, 1.807) is 11.8 Å². The first-order chi connectivity index (χ1) is 16.9. The van der Waals surface area contributed by atoms with Crippen molar-refractivity contribution in [3.8, 4) is 11.1 Å². The van der Waals surface area contributed by atoms with E-state index in [1.807, 2.05) is 36.4 Å². The second-order valence-corrected chi connectivity index (χ2v) is 9.80. The van der Waals surface area contributed by atoms with Crippen LogP contribution in [0.1, 0.15) is 36.8 Å². The van der Waals surface area contributed by atoms with Crippen molar-refractivity contribution in [3.63, 3.8) is 0 Å². The Balaban J connectivity index is 1.14. The molecule has 3 atom stereocenters. The molecule has 2 N–H and O–H groups in total. The van der Waals surface area contributed by atoms with Gasteiger partial charge in [-0.15, -0.1) is 0 Å². The van der Waals surface area contributed by atoms with Gasteiger partial charge in [-0.3, -0.25) is 9.59 Å². The minimum atomic E-state index is -0.824. The Hall–Kier alpha value is -3.61. The van der Waals surface area contributed by atoms with Gasteiger partial charge < -0.3 is 20.1 Å². The zero-order chi connectivity index (χ0) is 24.5. The predicted octanol–water partition coefficient (Wildman–Crippen LogP) is 4.04. The number of carboxylic acids is 1. The highest BCUT2D eigenvalue weighted by atomic mass is 16.5. The lowest BCUT2D eigenvalue weighted by Crippen LogP contribution is -2.55. The SMILES string of the molecule is CC(C(=O)O)C1CN(C(=O)C2CC=CC(NC(=O)OCC3c4ccccc4-c4ccccc43)C2)C1. The van der Waals surface area contributed by atoms with Gasteiger partial charge in [0.1, 0.15) is 6.61 Å². The molecule has 0 saturated carbocycles. The highest BCUT2D eigenvalue weighted by molar-refractivity contribution is 5.81. The third-order valence-electron chi connectivity index (χ3n) is 7.64. The summed E-state index contributed by atoms with van der Waals surface area (Å²) in [6, 6.07) is 16.1. The molecule has 0 aromatic heterocycles. The van der Waals surface area contributed by atoms with Crippen LogP contribution in [0.2, 0.25) is 0 Å². The summed E-state index contributed by atoms with van der Waals surface area (Å²) in [4.78, 5) is 38.4. The van der Waals surface area contributed by atoms with Gasteiger partial charge in [0.2, 0.25) is 5.91 Å². The number of nitrogens with one attached hydrogen (secondary N) is 1. The molecule has 3 unspecified atom stereocenters. The zero-order valence-corrected chi connectivity index (χ0v) is 19.7. The Morgan fingerprint density at radius 3 is 2.31 bits per heavy atom. The van der Waals surface area contributed by atoms with Crippen LogP contribution in [-0.4, -0.2) is 53.7 Å². The Kier molecular flexibility index (Phi) is 6.32. The largest absolute Gasteiger partial charge is 0.481 e. The predicted molar refractivity (Wildman–Crippen MR) is 131 cm³/mol. The summed E-state index contributed by atoms with van der Waals surface area (Å²) in [5.41, 5.74) is 4.68. The zero-order valence-electron chi connectivity index (χ0n) is 19.7. The standard InChI is InChI=1S/C28H30N2O5/c1-17(27(32)33)19-14-30(15-19)26(31)18-7-6-8-20(13-18)29-28(34)35-16-25-23-11-4-2-9-21(23)22-10-3-5-12-24(22)25/h2-6,8-12,17-20,25H,7,13-16H2,1H3,(H,29,34)(H,32,33). The first kappa shape index (κ1) is 23.1. The van der Waals surface area contributed by atoms with Crippen LogP contribution >= 0.6 is 0 Å². The molecule has 5 rings (SSSR count). The maximum Gasteiger partial charge on any atom is 0.407 e. The molecule has 1 saturated heterocycles. The van der Waals surface area contributed by atoms with Gasteiger partial charge in [-0.2, -0.15) is 0 Å². The van der Waals surface area contributed by atoms with Crippen molar-refractivity contribution in [2.75, 3.05) is 19.7 Å². The molecule has 7 nitrogen and oxygen atoms in total. The molecule has 35 heavy (non-hydrogen) atoms. The van der Waals surface area contributed by atoms with Gasteiger partial charge in [0.25, 0.3) is 0 Å². The molecule has 3 aliphatic rings. The van der Waals surface area contributed by atoms with E-state index in [1.165, 1.54) is 11.1 Å². The molecule has 1 fully saturated rings. The third kappa shape index (κ3) is 4.55. The van der Waals surface area contributed by atoms with Crippen molar-refractivity contribution in [1.82, 2.24) is 10.2 Å². The summed E-state index contributed by atoms with van der Waals surface area (Å²) in [5.74, 6) is -1.46. The number of carbonyl (C=O) groups excluding carboxylic acids is 2. The number of alkyl carbamates (subject to hydrolysis) is 1. The molecular weight excluding hydrogens is 444 g/mol. The Morgan fingerprint density at radius 2 is 1.69 bits per heavy atom. The second-order valence-electron chi connectivity index (χ2n) is 9.80. The number of ether oxygens (including phenoxy) is 1. The number of aliphatic carboxylic acids is 1. The topological polar surface area (TPSA) is 95.9 Å². The number of rotatable bonds is 6. The summed E-state index contributed by atoms with van der Waals surface area (Å²) in [5, 5.41) is 12.1. The van der Waals surface area contributed by atoms with Gasteiger partial charge in [0.15, 0.2) is 0 Å². The van der Waals surface area contributed by atoms with Crippen LogP contribution in [-0.2, 0) is 14.3 Å². The molecule has 0 spiro atoms. The summed E-state index contributed by atoms with van der Waals surface area (Å²) in [7, 11) is 0. The van der Waals surface area contributed by atoms with E-state index in [9.17, 15) is 14.4 Å². The Morgan fingerprint density at radius 1 is 1.06 bits per heavy atom. The van der Waals surface area contributed by atoms with Crippen LogP contribution in [0.3, 0.4) is 0 Å². The maximum absolute atomic E-state index is 12.9. The Bertz CT molecular complexity index is 1120. The first-order valence-electron chi connectivity index (χ1n) is 12.2. The van der Waals surface area contributed by atoms with Gasteiger partial charge in [-0.05, 0) is 35.1 Å². The Labute approximate surface area is 204 Å². The fourth-order valence-electron chi connectivity index (χ4n) is 5.46. The van der Waals surface area contributed by atoms with E-state index in [0.717, 1.165) is 11.1 Å². The molecule has 182 valence electrons. The van der Waals surface area contributed by atoms with Crippen LogP contribution < -0.4 is 5.32 Å². The molecule has 2 amide bonds. The number of allylic oxidation sites excluding steroid dienone is 1. The summed E-state index contributed by atoms with van der Waals surface area (Å²) in [6.45, 7) is 2.90. The van der Waals surface area contributed by atoms with Crippen LogP contribution in [0, 0.1) is 17.8 Å². The van der Waals surface area contributed by atoms with E-state index in [4.69, 9.17) is 9.84 Å². The van der Waals surface area contributed by atoms with E-state index >= 15 is 0 Å². The van der Waals surface area contributed by atoms with Crippen molar-refractivity contribution in [2.24, 2.45) is 17.8 Å². The van der Waals surface area contributed by atoms with Crippen molar-refractivity contribution in [3.05, 3.63) is 71.8 Å². The number of benzene rings is 2. The van der Waals surface area contributed by atoms with Gasteiger partial charge in [-0.1, -0.05) is 67.6 Å². The number of likely N-dealkylation sites (tertiary alicyclic amines) is 1. The smallest absolute Gasteiger partial charge is 0.407 e. The summed E-state index contributed by atoms with van der Waals surface area (Å²) in [6.07, 6.45) is 4.48. The van der Waals surface area contributed by atoms with Crippen molar-refractivity contribution < 1.29 is 24.2 Å². The summed E-state index contributed by atoms with van der Waals surface area (Å²) < 4.78 is 5.65. The van der Waals surface area contributed by atoms with Crippen molar-refractivity contribution in [1.29, 1.82) is 0 Å². The maximum atomic E-state index is 12.9. The number of hydrogen-bond donors (Lipinski definition) is 2. The van der Waals surface area contributed by atoms with Crippen molar-refractivity contribution >= 4 is 18.0 Å². The second kappa shape index (κ2) is 9.56. The number of nitrogens with zero attached hydrogens (tertiary/aromatic N) is 1. The van der Waals surface area contributed by atoms with Crippen LogP contribution in [0.25, 0.3) is 11.1 Å². The molecular formula is C28H30N2O5. The lowest BCUT2D eigenvalue weighted by atomic mass is 9.84. The number of fused-ring (bicyclic) bond motifs is 3. The minimum Gasteiger partial charge on any atom is -0.481 e. The molecule has 0 radical (unpaired) electrons. The summed E-state index contributed by atoms with van der Waals surface area (Å²) >= 11 is 0. The number of hydrogen-bond acceptors (Lipinski definition) is 4. The molecule has 0 bridgehead atoms. The lowest BCUT2D eigenvalue weighted by Gasteiger charge is -2.43. The average Bonchev–Trinajstić information content (AvgIpc) is 3.15. The fourth-order valence-corrected chi connectivity index (χ4v) is 5.46. The van der Waals surface area contributed by atoms with Crippen LogP contribution in [0.15, 0.2) is 60.7 Å². The van der Waals surface area contributed by atoms with Gasteiger partial charge in [0, 0.05) is 30.8 Å². The molecule has 1 heterocycles. The van der Waals surface area contributed by atoms with Crippen LogP contribution in [0.4, 0.5) is 4.79 Å². The van der Waals surface area contributed by atoms with Crippen molar-refractivity contribution in [2.45, 2.75) is 31.7 Å².